The molecule has 0 heterocycles. The molecule has 0 rings (SSSR count). The number of hydrogen-bond acceptors (Lipinski definition) is 2. The van der Waals surface area contributed by atoms with E-state index in [0.29, 0.717) is 0 Å². The summed E-state index contributed by atoms with van der Waals surface area (Å²) < 4.78 is 53.1. The molecule has 54 valence electrons. The molecule has 0 amide bonds. The average Bonchev–Trinajstić information content (AvgIpc) is 1.64. The van der Waals surface area contributed by atoms with Gasteiger partial charge in [0.25, 0.3) is 9.84 Å². The quantitative estimate of drug-likeness (QED) is 0.574. The van der Waals surface area contributed by atoms with E-state index in [2.05, 4.69) is 6.58 Å². The summed E-state index contributed by atoms with van der Waals surface area (Å²) >= 11 is 0. The van der Waals surface area contributed by atoms with Gasteiger partial charge in [-0.25, -0.2) is 8.42 Å². The molecule has 9 heavy (non-hydrogen) atoms. The monoisotopic (exact) mass is 160 g/mol. The molecule has 0 aromatic heterocycles. The Morgan fingerprint density at radius 1 is 1.33 bits per heavy atom. The third-order valence-electron chi connectivity index (χ3n) is 0.542. The molecule has 0 saturated carbocycles. The molecule has 0 saturated heterocycles. The van der Waals surface area contributed by atoms with Crippen LogP contribution in [-0.4, -0.2) is 13.9 Å². The van der Waals surface area contributed by atoms with Crippen LogP contribution >= 0.6 is 0 Å². The Kier molecular flexibility index (Phi) is 1.90. The van der Waals surface area contributed by atoms with Gasteiger partial charge in [-0.05, 0) is 0 Å². The van der Waals surface area contributed by atoms with Crippen LogP contribution in [0.15, 0.2) is 12.0 Å². The minimum Gasteiger partial charge on any atom is -0.215 e. The lowest BCUT2D eigenvalue weighted by Crippen LogP contribution is -2.19. The van der Waals surface area contributed by atoms with Crippen molar-refractivity contribution in [1.29, 1.82) is 0 Å². The summed E-state index contributed by atoms with van der Waals surface area (Å²) in [4.78, 5) is 0. The molecule has 0 aliphatic carbocycles. The number of hydrogen-bond donors (Lipinski definition) is 0. The van der Waals surface area contributed by atoms with E-state index in [1.54, 1.807) is 0 Å². The SMILES string of the molecule is C=CS(=O)(=O)C(F)(F)F. The van der Waals surface area contributed by atoms with Gasteiger partial charge in [0.1, 0.15) is 0 Å². The first-order chi connectivity index (χ1) is 3.81. The van der Waals surface area contributed by atoms with Crippen LogP contribution in [0.1, 0.15) is 0 Å². The third-order valence-corrected chi connectivity index (χ3v) is 1.63. The Labute approximate surface area is 49.9 Å². The van der Waals surface area contributed by atoms with Gasteiger partial charge in [0.15, 0.2) is 0 Å². The highest BCUT2D eigenvalue weighted by Gasteiger charge is 2.43. The Morgan fingerprint density at radius 2 is 1.67 bits per heavy atom. The van der Waals surface area contributed by atoms with Crippen LogP contribution in [-0.2, 0) is 9.84 Å². The van der Waals surface area contributed by atoms with Gasteiger partial charge in [0.2, 0.25) is 0 Å². The predicted molar refractivity (Wildman–Crippen MR) is 25.2 cm³/mol. The summed E-state index contributed by atoms with van der Waals surface area (Å²) in [6.45, 7) is 2.49. The summed E-state index contributed by atoms with van der Waals surface area (Å²) in [6, 6.07) is 0. The van der Waals surface area contributed by atoms with Crippen LogP contribution in [0.2, 0.25) is 0 Å². The zero-order valence-electron chi connectivity index (χ0n) is 4.14. The van der Waals surface area contributed by atoms with Gasteiger partial charge in [0, 0.05) is 5.41 Å². The van der Waals surface area contributed by atoms with Crippen molar-refractivity contribution in [2.24, 2.45) is 0 Å². The Bertz CT molecular complexity index is 200. The molecule has 0 unspecified atom stereocenters. The second-order valence-electron chi connectivity index (χ2n) is 1.16. The van der Waals surface area contributed by atoms with Gasteiger partial charge in [0.05, 0.1) is 0 Å². The number of halogens is 3. The maximum atomic E-state index is 11.2. The lowest BCUT2D eigenvalue weighted by molar-refractivity contribution is -0.0423. The zero-order chi connectivity index (χ0) is 7.71. The Balaban J connectivity index is 4.79. The highest BCUT2D eigenvalue weighted by atomic mass is 32.2. The fourth-order valence-electron chi connectivity index (χ4n) is 0.0945. The largest absolute Gasteiger partial charge is 0.501 e. The molecular weight excluding hydrogens is 157 g/mol. The van der Waals surface area contributed by atoms with Crippen molar-refractivity contribution in [2.75, 3.05) is 0 Å². The summed E-state index contributed by atoms with van der Waals surface area (Å²) in [5.74, 6) is 0. The fraction of sp³-hybridized carbons (Fsp3) is 0.333. The van der Waals surface area contributed by atoms with E-state index in [4.69, 9.17) is 0 Å². The van der Waals surface area contributed by atoms with E-state index in [1.165, 1.54) is 0 Å². The second kappa shape index (κ2) is 2.02. The van der Waals surface area contributed by atoms with Gasteiger partial charge in [-0.3, -0.25) is 0 Å². The predicted octanol–water partition coefficient (Wildman–Crippen LogP) is 1.06. The smallest absolute Gasteiger partial charge is 0.215 e. The molecule has 0 spiro atoms. The second-order valence-corrected chi connectivity index (χ2v) is 3.04. The van der Waals surface area contributed by atoms with Crippen molar-refractivity contribution in [2.45, 2.75) is 5.51 Å². The van der Waals surface area contributed by atoms with E-state index in [9.17, 15) is 21.6 Å². The molecule has 0 bridgehead atoms. The van der Waals surface area contributed by atoms with Gasteiger partial charge < -0.3 is 0 Å². The molecule has 0 aromatic rings. The molecule has 0 aliphatic rings. The van der Waals surface area contributed by atoms with E-state index >= 15 is 0 Å². The van der Waals surface area contributed by atoms with E-state index < -0.39 is 15.3 Å². The van der Waals surface area contributed by atoms with Crippen molar-refractivity contribution >= 4 is 9.84 Å². The molecule has 0 atom stereocenters. The van der Waals surface area contributed by atoms with Crippen molar-refractivity contribution < 1.29 is 21.6 Å². The highest BCUT2D eigenvalue weighted by Crippen LogP contribution is 2.23. The lowest BCUT2D eigenvalue weighted by Gasteiger charge is -2.00. The van der Waals surface area contributed by atoms with E-state index in [-0.39, 0.29) is 5.41 Å². The first-order valence-electron chi connectivity index (χ1n) is 1.75. The average molecular weight is 160 g/mol. The summed E-state index contributed by atoms with van der Waals surface area (Å²) in [5.41, 5.74) is -5.20. The number of rotatable bonds is 1. The number of alkyl halides is 3. The van der Waals surface area contributed by atoms with Crippen LogP contribution in [0.25, 0.3) is 0 Å². The van der Waals surface area contributed by atoms with Crippen molar-refractivity contribution in [3.05, 3.63) is 12.0 Å². The zero-order valence-corrected chi connectivity index (χ0v) is 4.96. The van der Waals surface area contributed by atoms with Gasteiger partial charge in [-0.2, -0.15) is 13.2 Å². The first-order valence-corrected chi connectivity index (χ1v) is 3.29. The third kappa shape index (κ3) is 1.70. The van der Waals surface area contributed by atoms with E-state index in [0.717, 1.165) is 0 Å². The topological polar surface area (TPSA) is 34.1 Å². The van der Waals surface area contributed by atoms with Crippen molar-refractivity contribution in [3.63, 3.8) is 0 Å². The highest BCUT2D eigenvalue weighted by molar-refractivity contribution is 7.95. The van der Waals surface area contributed by atoms with Gasteiger partial charge in [-0.1, -0.05) is 6.58 Å². The van der Waals surface area contributed by atoms with Crippen LogP contribution in [0.3, 0.4) is 0 Å². The van der Waals surface area contributed by atoms with Crippen LogP contribution < -0.4 is 0 Å². The molecule has 0 aromatic carbocycles. The molecule has 6 heteroatoms. The maximum Gasteiger partial charge on any atom is 0.501 e. The lowest BCUT2D eigenvalue weighted by atomic mass is 11.3. The standard InChI is InChI=1S/C3H3F3O2S/c1-2-9(7,8)3(4,5)6/h2H,1H2. The Hall–Kier alpha value is -0.520. The van der Waals surface area contributed by atoms with Gasteiger partial charge in [-0.15, -0.1) is 0 Å². The summed E-state index contributed by atoms with van der Waals surface area (Å²) in [6.07, 6.45) is 0. The molecular formula is C3H3F3O2S. The molecule has 0 radical (unpaired) electrons. The van der Waals surface area contributed by atoms with Crippen LogP contribution in [0.4, 0.5) is 13.2 Å². The molecule has 0 N–H and O–H groups in total. The first kappa shape index (κ1) is 8.48. The molecule has 2 nitrogen and oxygen atoms in total. The summed E-state index contributed by atoms with van der Waals surface area (Å²) in [5, 5.41) is -0.132. The summed E-state index contributed by atoms with van der Waals surface area (Å²) in [7, 11) is -5.07. The molecule has 0 aliphatic heterocycles. The van der Waals surface area contributed by atoms with Crippen molar-refractivity contribution in [1.82, 2.24) is 0 Å². The van der Waals surface area contributed by atoms with Gasteiger partial charge >= 0.3 is 5.51 Å². The van der Waals surface area contributed by atoms with Crippen molar-refractivity contribution in [3.8, 4) is 0 Å². The van der Waals surface area contributed by atoms with Crippen LogP contribution in [0, 0.1) is 0 Å². The molecule has 0 fully saturated rings. The normalized spacial score (nSPS) is 13.2. The minimum atomic E-state index is -5.20. The number of sulfone groups is 1. The van der Waals surface area contributed by atoms with Crippen LogP contribution in [0.5, 0.6) is 0 Å². The fourth-order valence-corrected chi connectivity index (χ4v) is 0.283. The van der Waals surface area contributed by atoms with E-state index in [1.807, 2.05) is 0 Å². The minimum absolute atomic E-state index is 0.132. The Morgan fingerprint density at radius 3 is 1.67 bits per heavy atom. The maximum absolute atomic E-state index is 11.2.